The minimum Gasteiger partial charge on any atom is -0.480 e. The number of hydrogen-bond acceptors (Lipinski definition) is 4. The second kappa shape index (κ2) is 5.66. The fourth-order valence-corrected chi connectivity index (χ4v) is 0.991. The number of carbonyl (C=O) groups excluding carboxylic acids is 1. The summed E-state index contributed by atoms with van der Waals surface area (Å²) in [5.74, 6) is -1.31. The highest BCUT2D eigenvalue weighted by Gasteiger charge is 2.17. The predicted molar refractivity (Wildman–Crippen MR) is 48.1 cm³/mol. The van der Waals surface area contributed by atoms with Crippen LogP contribution in [0.3, 0.4) is 0 Å². The molecule has 0 rings (SSSR count). The predicted octanol–water partition coefficient (Wildman–Crippen LogP) is -0.658. The maximum Gasteiger partial charge on any atom is 0.320 e. The molecule has 0 amide bonds. The Morgan fingerprint density at radius 1 is 1.38 bits per heavy atom. The second-order valence-electron chi connectivity index (χ2n) is 3.07. The third kappa shape index (κ3) is 4.59. The third-order valence-electron chi connectivity index (χ3n) is 2.00. The summed E-state index contributed by atoms with van der Waals surface area (Å²) in [4.78, 5) is 21.2. The average molecular weight is 188 g/mol. The number of carbonyl (C=O) groups is 2. The van der Waals surface area contributed by atoms with E-state index >= 15 is 0 Å². The number of hydrogen-bond donors (Lipinski definition) is 3. The smallest absolute Gasteiger partial charge is 0.320 e. The van der Waals surface area contributed by atoms with Gasteiger partial charge in [0.1, 0.15) is 11.8 Å². The topological polar surface area (TPSA) is 106 Å². The van der Waals surface area contributed by atoms with Crippen LogP contribution >= 0.6 is 0 Å². The number of aliphatic carboxylic acids is 1. The fourth-order valence-electron chi connectivity index (χ4n) is 0.991. The Labute approximate surface area is 77.1 Å². The van der Waals surface area contributed by atoms with E-state index < -0.39 is 12.0 Å². The van der Waals surface area contributed by atoms with Crippen molar-refractivity contribution in [1.82, 2.24) is 0 Å². The summed E-state index contributed by atoms with van der Waals surface area (Å²) < 4.78 is 0. The van der Waals surface area contributed by atoms with Gasteiger partial charge in [0.25, 0.3) is 0 Å². The van der Waals surface area contributed by atoms with Crippen LogP contribution in [0.25, 0.3) is 0 Å². The van der Waals surface area contributed by atoms with E-state index in [0.29, 0.717) is 6.42 Å². The minimum atomic E-state index is -1.04. The molecule has 0 aromatic heterocycles. The van der Waals surface area contributed by atoms with Crippen LogP contribution in [0.5, 0.6) is 0 Å². The third-order valence-corrected chi connectivity index (χ3v) is 2.00. The molecule has 0 fully saturated rings. The van der Waals surface area contributed by atoms with Gasteiger partial charge in [-0.25, -0.2) is 0 Å². The highest BCUT2D eigenvalue weighted by atomic mass is 16.4. The van der Waals surface area contributed by atoms with Gasteiger partial charge in [0.2, 0.25) is 0 Å². The van der Waals surface area contributed by atoms with E-state index in [1.54, 1.807) is 0 Å². The Balaban J connectivity index is 3.85. The van der Waals surface area contributed by atoms with Crippen molar-refractivity contribution < 1.29 is 14.7 Å². The first-order valence-electron chi connectivity index (χ1n) is 4.18. The zero-order valence-electron chi connectivity index (χ0n) is 7.69. The molecule has 0 radical (unpaired) electrons. The summed E-state index contributed by atoms with van der Waals surface area (Å²) in [6.07, 6.45) is 0.732. The lowest BCUT2D eigenvalue weighted by atomic mass is 9.97. The summed E-state index contributed by atoms with van der Waals surface area (Å²) >= 11 is 0. The van der Waals surface area contributed by atoms with Gasteiger partial charge in [0, 0.05) is 12.5 Å². The fraction of sp³-hybridized carbons (Fsp3) is 0.750. The lowest BCUT2D eigenvalue weighted by Crippen LogP contribution is -2.32. The number of ketones is 1. The van der Waals surface area contributed by atoms with Crippen molar-refractivity contribution in [3.63, 3.8) is 0 Å². The second-order valence-corrected chi connectivity index (χ2v) is 3.07. The maximum atomic E-state index is 10.9. The maximum absolute atomic E-state index is 10.9. The quantitative estimate of drug-likeness (QED) is 0.513. The van der Waals surface area contributed by atoms with E-state index in [4.69, 9.17) is 16.6 Å². The van der Waals surface area contributed by atoms with Gasteiger partial charge in [-0.2, -0.15) is 0 Å². The molecule has 5 nitrogen and oxygen atoms in total. The molecule has 76 valence electrons. The van der Waals surface area contributed by atoms with Gasteiger partial charge in [-0.3, -0.25) is 9.59 Å². The minimum absolute atomic E-state index is 0.0138. The molecule has 0 spiro atoms. The van der Waals surface area contributed by atoms with E-state index in [1.165, 1.54) is 6.92 Å². The van der Waals surface area contributed by atoms with Crippen LogP contribution in [0.1, 0.15) is 19.8 Å². The molecule has 13 heavy (non-hydrogen) atoms. The van der Waals surface area contributed by atoms with Crippen LogP contribution in [0.2, 0.25) is 0 Å². The van der Waals surface area contributed by atoms with Crippen LogP contribution < -0.4 is 11.5 Å². The van der Waals surface area contributed by atoms with Gasteiger partial charge in [0.15, 0.2) is 0 Å². The van der Waals surface area contributed by atoms with E-state index in [2.05, 4.69) is 0 Å². The molecule has 0 saturated carbocycles. The molecule has 0 bridgehead atoms. The zero-order valence-corrected chi connectivity index (χ0v) is 7.69. The SMILES string of the molecule is CC(=O)C(CN)CCC(N)C(=O)O. The van der Waals surface area contributed by atoms with E-state index in [0.717, 1.165) is 0 Å². The van der Waals surface area contributed by atoms with Gasteiger partial charge >= 0.3 is 5.97 Å². The molecule has 5 heteroatoms. The standard InChI is InChI=1S/C8H16N2O3/c1-5(11)6(4-9)2-3-7(10)8(12)13/h6-7H,2-4,9-10H2,1H3,(H,12,13). The summed E-state index contributed by atoms with van der Waals surface area (Å²) in [5.41, 5.74) is 10.6. The highest BCUT2D eigenvalue weighted by Crippen LogP contribution is 2.07. The lowest BCUT2D eigenvalue weighted by Gasteiger charge is -2.12. The largest absolute Gasteiger partial charge is 0.480 e. The van der Waals surface area contributed by atoms with Crippen molar-refractivity contribution in [1.29, 1.82) is 0 Å². The van der Waals surface area contributed by atoms with Gasteiger partial charge in [-0.05, 0) is 19.8 Å². The van der Waals surface area contributed by atoms with Crippen LogP contribution in [-0.4, -0.2) is 29.4 Å². The number of rotatable bonds is 6. The lowest BCUT2D eigenvalue weighted by molar-refractivity contribution is -0.139. The Kier molecular flexibility index (Phi) is 5.25. The van der Waals surface area contributed by atoms with E-state index in [9.17, 15) is 9.59 Å². The molecular weight excluding hydrogens is 172 g/mol. The number of nitrogens with two attached hydrogens (primary N) is 2. The molecule has 0 heterocycles. The monoisotopic (exact) mass is 188 g/mol. The zero-order chi connectivity index (χ0) is 10.4. The molecular formula is C8H16N2O3. The van der Waals surface area contributed by atoms with Crippen LogP contribution in [0.15, 0.2) is 0 Å². The first-order chi connectivity index (χ1) is 5.99. The van der Waals surface area contributed by atoms with E-state index in [1.807, 2.05) is 0 Å². The molecule has 0 saturated heterocycles. The number of Topliss-reactive ketones (excluding diaryl/α,β-unsaturated/α-hetero) is 1. The molecule has 0 aliphatic rings. The van der Waals surface area contributed by atoms with Crippen LogP contribution in [0, 0.1) is 5.92 Å². The summed E-state index contributed by atoms with van der Waals surface area (Å²) in [7, 11) is 0. The normalized spacial score (nSPS) is 15.0. The van der Waals surface area contributed by atoms with Crippen molar-refractivity contribution in [2.75, 3.05) is 6.54 Å². The average Bonchev–Trinajstić information content (AvgIpc) is 2.04. The van der Waals surface area contributed by atoms with E-state index in [-0.39, 0.29) is 24.7 Å². The molecule has 2 unspecified atom stereocenters. The van der Waals surface area contributed by atoms with Gasteiger partial charge in [-0.15, -0.1) is 0 Å². The summed E-state index contributed by atoms with van der Waals surface area (Å²) in [6.45, 7) is 1.70. The molecule has 0 aromatic rings. The van der Waals surface area contributed by atoms with Crippen molar-refractivity contribution >= 4 is 11.8 Å². The molecule has 5 N–H and O–H groups in total. The Bertz CT molecular complexity index is 194. The first kappa shape index (κ1) is 12.1. The molecule has 0 aliphatic carbocycles. The van der Waals surface area contributed by atoms with Crippen LogP contribution in [0.4, 0.5) is 0 Å². The van der Waals surface area contributed by atoms with Crippen molar-refractivity contribution in [3.05, 3.63) is 0 Å². The first-order valence-corrected chi connectivity index (χ1v) is 4.18. The molecule has 2 atom stereocenters. The van der Waals surface area contributed by atoms with Crippen molar-refractivity contribution in [2.24, 2.45) is 17.4 Å². The van der Waals surface area contributed by atoms with Crippen LogP contribution in [-0.2, 0) is 9.59 Å². The number of carboxylic acid groups (broad SMARTS) is 1. The number of carboxylic acids is 1. The molecule has 0 aromatic carbocycles. The Morgan fingerprint density at radius 3 is 2.23 bits per heavy atom. The Hall–Kier alpha value is -0.940. The van der Waals surface area contributed by atoms with Gasteiger partial charge in [-0.1, -0.05) is 0 Å². The van der Waals surface area contributed by atoms with Gasteiger partial charge in [0.05, 0.1) is 0 Å². The van der Waals surface area contributed by atoms with Gasteiger partial charge < -0.3 is 16.6 Å². The van der Waals surface area contributed by atoms with Crippen molar-refractivity contribution in [2.45, 2.75) is 25.8 Å². The highest BCUT2D eigenvalue weighted by molar-refractivity contribution is 5.78. The Morgan fingerprint density at radius 2 is 1.92 bits per heavy atom. The summed E-state index contributed by atoms with van der Waals surface area (Å²) in [5, 5.41) is 8.47. The summed E-state index contributed by atoms with van der Waals surface area (Å²) in [6, 6.07) is -0.895. The van der Waals surface area contributed by atoms with Crippen molar-refractivity contribution in [3.8, 4) is 0 Å². The molecule has 0 aliphatic heterocycles.